The molecular formula is C8H20Si2. The molecule has 0 saturated heterocycles. The van der Waals surface area contributed by atoms with Gasteiger partial charge in [-0.3, -0.25) is 0 Å². The van der Waals surface area contributed by atoms with E-state index in [1.54, 1.807) is 12.1 Å². The normalized spacial score (nSPS) is 11.4. The van der Waals surface area contributed by atoms with E-state index in [0.717, 1.165) is 0 Å². The van der Waals surface area contributed by atoms with E-state index in [1.807, 2.05) is 0 Å². The topological polar surface area (TPSA) is 0 Å². The Morgan fingerprint density at radius 3 is 1.30 bits per heavy atom. The van der Waals surface area contributed by atoms with Gasteiger partial charge in [-0.2, -0.15) is 0 Å². The van der Waals surface area contributed by atoms with Crippen LogP contribution in [0.5, 0.6) is 0 Å². The molecule has 0 aliphatic rings. The largest absolute Gasteiger partial charge is 0.0733 e. The lowest BCUT2D eigenvalue weighted by molar-refractivity contribution is 1.05. The molecule has 0 aromatic carbocycles. The molecule has 0 fully saturated rings. The van der Waals surface area contributed by atoms with Crippen LogP contribution in [0.15, 0.2) is 0 Å². The van der Waals surface area contributed by atoms with E-state index < -0.39 is 0 Å². The third-order valence-electron chi connectivity index (χ3n) is 1.98. The first-order chi connectivity index (χ1) is 4.72. The van der Waals surface area contributed by atoms with E-state index in [4.69, 9.17) is 0 Å². The van der Waals surface area contributed by atoms with Gasteiger partial charge in [0.1, 0.15) is 0 Å². The van der Waals surface area contributed by atoms with Crippen molar-refractivity contribution < 1.29 is 0 Å². The molecule has 2 heteroatoms. The third kappa shape index (κ3) is 4.28. The maximum Gasteiger partial charge on any atom is 0.0342 e. The van der Waals surface area contributed by atoms with Crippen molar-refractivity contribution in [1.82, 2.24) is 0 Å². The van der Waals surface area contributed by atoms with E-state index in [9.17, 15) is 0 Å². The summed E-state index contributed by atoms with van der Waals surface area (Å²) in [6.45, 7) is 9.68. The summed E-state index contributed by atoms with van der Waals surface area (Å²) < 4.78 is 0. The van der Waals surface area contributed by atoms with Crippen LogP contribution < -0.4 is 0 Å². The van der Waals surface area contributed by atoms with Gasteiger partial charge in [0.15, 0.2) is 0 Å². The Labute approximate surface area is 69.0 Å². The van der Waals surface area contributed by atoms with E-state index in [2.05, 4.69) is 26.9 Å². The highest BCUT2D eigenvalue weighted by molar-refractivity contribution is 7.21. The fourth-order valence-corrected chi connectivity index (χ4v) is 7.59. The van der Waals surface area contributed by atoms with Crippen LogP contribution >= 0.6 is 0 Å². The summed E-state index contributed by atoms with van der Waals surface area (Å²) in [5, 5.41) is 0. The third-order valence-corrected chi connectivity index (χ3v) is 11.8. The van der Waals surface area contributed by atoms with Gasteiger partial charge in [-0.05, 0) is 0 Å². The first-order valence-corrected chi connectivity index (χ1v) is 9.79. The number of hydrogen-bond acceptors (Lipinski definition) is 0. The zero-order valence-corrected chi connectivity index (χ0v) is 9.83. The molecule has 60 valence electrons. The average molecular weight is 172 g/mol. The highest BCUT2D eigenvalue weighted by Crippen LogP contribution is 2.06. The van der Waals surface area contributed by atoms with Gasteiger partial charge in [-0.1, -0.05) is 51.9 Å². The highest BCUT2D eigenvalue weighted by atomic mass is 29.2. The van der Waals surface area contributed by atoms with Crippen LogP contribution in [-0.2, 0) is 0 Å². The van der Waals surface area contributed by atoms with Crippen molar-refractivity contribution in [2.75, 3.05) is 0 Å². The quantitative estimate of drug-likeness (QED) is 0.559. The van der Waals surface area contributed by atoms with Crippen molar-refractivity contribution in [3.8, 4) is 0 Å². The Morgan fingerprint density at radius 2 is 1.10 bits per heavy atom. The molecular weight excluding hydrogens is 152 g/mol. The molecule has 2 radical (unpaired) electrons. The summed E-state index contributed by atoms with van der Waals surface area (Å²) in [4.78, 5) is 0. The van der Waals surface area contributed by atoms with Crippen LogP contribution in [0.1, 0.15) is 26.7 Å². The summed E-state index contributed by atoms with van der Waals surface area (Å²) in [6, 6.07) is 3.10. The van der Waals surface area contributed by atoms with E-state index in [-0.39, 0.29) is 16.6 Å². The predicted molar refractivity (Wildman–Crippen MR) is 53.4 cm³/mol. The fraction of sp³-hybridized carbons (Fsp3) is 1.00. The number of rotatable bonds is 5. The minimum Gasteiger partial charge on any atom is -0.0733 e. The summed E-state index contributed by atoms with van der Waals surface area (Å²) in [5.74, 6) is 0. The summed E-state index contributed by atoms with van der Waals surface area (Å²) in [5.41, 5.74) is 0. The summed E-state index contributed by atoms with van der Waals surface area (Å²) in [6.07, 6.45) is 2.83. The Morgan fingerprint density at radius 1 is 0.800 bits per heavy atom. The first-order valence-electron chi connectivity index (χ1n) is 4.37. The lowest BCUT2D eigenvalue weighted by Gasteiger charge is -2.14. The molecule has 0 saturated carbocycles. The SMILES string of the molecule is CCC[Si](C)[Si](C)CCC. The smallest absolute Gasteiger partial charge is 0.0342 e. The molecule has 0 spiro atoms. The van der Waals surface area contributed by atoms with Crippen molar-refractivity contribution in [3.05, 3.63) is 0 Å². The van der Waals surface area contributed by atoms with Crippen molar-refractivity contribution in [2.24, 2.45) is 0 Å². The van der Waals surface area contributed by atoms with E-state index in [0.29, 0.717) is 0 Å². The zero-order valence-electron chi connectivity index (χ0n) is 7.83. The molecule has 0 aliphatic carbocycles. The van der Waals surface area contributed by atoms with Gasteiger partial charge < -0.3 is 0 Å². The Balaban J connectivity index is 3.38. The lowest BCUT2D eigenvalue weighted by atomic mass is 10.6. The van der Waals surface area contributed by atoms with Crippen molar-refractivity contribution in [2.45, 2.75) is 51.9 Å². The van der Waals surface area contributed by atoms with Gasteiger partial charge in [-0.25, -0.2) is 0 Å². The van der Waals surface area contributed by atoms with Crippen LogP contribution in [0.2, 0.25) is 25.2 Å². The highest BCUT2D eigenvalue weighted by Gasteiger charge is 2.12. The van der Waals surface area contributed by atoms with Crippen molar-refractivity contribution >= 4 is 16.6 Å². The molecule has 0 bridgehead atoms. The second-order valence-electron chi connectivity index (χ2n) is 3.06. The minimum atomic E-state index is 0.121. The molecule has 0 amide bonds. The van der Waals surface area contributed by atoms with Crippen molar-refractivity contribution in [1.29, 1.82) is 0 Å². The molecule has 0 aliphatic heterocycles. The Bertz CT molecular complexity index is 63.7. The molecule has 0 atom stereocenters. The van der Waals surface area contributed by atoms with Gasteiger partial charge in [0.2, 0.25) is 0 Å². The Hall–Kier alpha value is 0.434. The van der Waals surface area contributed by atoms with Gasteiger partial charge in [0.25, 0.3) is 0 Å². The standard InChI is InChI=1S/C8H20Si2/c1-5-7-9(3)10(4)8-6-2/h5-8H2,1-4H3. The molecule has 0 nitrogen and oxygen atoms in total. The zero-order chi connectivity index (χ0) is 7.98. The maximum atomic E-state index is 2.53. The predicted octanol–water partition coefficient (Wildman–Crippen LogP) is 3.13. The molecule has 10 heavy (non-hydrogen) atoms. The average Bonchev–Trinajstić information content (AvgIpc) is 1.89. The summed E-state index contributed by atoms with van der Waals surface area (Å²) in [7, 11) is 0.242. The van der Waals surface area contributed by atoms with Crippen molar-refractivity contribution in [3.63, 3.8) is 0 Å². The lowest BCUT2D eigenvalue weighted by Crippen LogP contribution is -2.28. The summed E-state index contributed by atoms with van der Waals surface area (Å²) >= 11 is 0. The van der Waals surface area contributed by atoms with E-state index >= 15 is 0 Å². The van der Waals surface area contributed by atoms with Crippen LogP contribution in [0.25, 0.3) is 0 Å². The molecule has 0 heterocycles. The van der Waals surface area contributed by atoms with Gasteiger partial charge in [0, 0.05) is 16.6 Å². The maximum absolute atomic E-state index is 2.53. The molecule has 0 aromatic heterocycles. The number of hydrogen-bond donors (Lipinski definition) is 0. The first kappa shape index (κ1) is 10.4. The minimum absolute atomic E-state index is 0.121. The van der Waals surface area contributed by atoms with Gasteiger partial charge in [-0.15, -0.1) is 0 Å². The Kier molecular flexibility index (Phi) is 6.43. The van der Waals surface area contributed by atoms with Crippen LogP contribution in [0.3, 0.4) is 0 Å². The second kappa shape index (κ2) is 6.16. The van der Waals surface area contributed by atoms with E-state index in [1.165, 1.54) is 12.8 Å². The molecule has 0 aromatic rings. The van der Waals surface area contributed by atoms with Gasteiger partial charge in [0.05, 0.1) is 0 Å². The van der Waals surface area contributed by atoms with Crippen LogP contribution in [0.4, 0.5) is 0 Å². The van der Waals surface area contributed by atoms with Gasteiger partial charge >= 0.3 is 0 Å². The molecule has 0 unspecified atom stereocenters. The molecule has 0 rings (SSSR count). The molecule has 0 N–H and O–H groups in total. The second-order valence-corrected chi connectivity index (χ2v) is 12.3. The monoisotopic (exact) mass is 172 g/mol. The fourth-order valence-electron chi connectivity index (χ4n) is 1.18. The van der Waals surface area contributed by atoms with Crippen LogP contribution in [-0.4, -0.2) is 16.6 Å². The van der Waals surface area contributed by atoms with Crippen LogP contribution in [0, 0.1) is 0 Å².